The van der Waals surface area contributed by atoms with Crippen molar-refractivity contribution >= 4 is 5.82 Å². The highest BCUT2D eigenvalue weighted by molar-refractivity contribution is 5.36. The van der Waals surface area contributed by atoms with E-state index in [2.05, 4.69) is 29.1 Å². The summed E-state index contributed by atoms with van der Waals surface area (Å²) in [5.41, 5.74) is 0.239. The topological polar surface area (TPSA) is 58.0 Å². The van der Waals surface area contributed by atoms with Crippen LogP contribution in [0, 0.1) is 19.8 Å². The van der Waals surface area contributed by atoms with Crippen molar-refractivity contribution in [3.63, 3.8) is 0 Å². The van der Waals surface area contributed by atoms with Crippen LogP contribution in [-0.4, -0.2) is 27.2 Å². The quantitative estimate of drug-likeness (QED) is 0.816. The first-order valence-corrected chi connectivity index (χ1v) is 6.57. The van der Waals surface area contributed by atoms with Crippen molar-refractivity contribution in [2.45, 2.75) is 53.1 Å². The summed E-state index contributed by atoms with van der Waals surface area (Å²) in [7, 11) is 0. The van der Waals surface area contributed by atoms with Crippen LogP contribution in [0.2, 0.25) is 0 Å². The van der Waals surface area contributed by atoms with Crippen molar-refractivity contribution in [3.8, 4) is 0 Å². The molecule has 0 fully saturated rings. The van der Waals surface area contributed by atoms with Crippen LogP contribution >= 0.6 is 0 Å². The van der Waals surface area contributed by atoms with Gasteiger partial charge in [-0.3, -0.25) is 0 Å². The molecule has 0 aliphatic carbocycles. The molecule has 1 aromatic rings. The largest absolute Gasteiger partial charge is 0.388 e. The number of hydrogen-bond acceptors (Lipinski definition) is 4. The first kappa shape index (κ1) is 14.9. The Morgan fingerprint density at radius 1 is 1.33 bits per heavy atom. The number of hydrogen-bond donors (Lipinski definition) is 2. The molecular weight excluding hydrogens is 226 g/mol. The van der Waals surface area contributed by atoms with Crippen molar-refractivity contribution in [1.82, 2.24) is 9.97 Å². The van der Waals surface area contributed by atoms with Crippen LogP contribution < -0.4 is 5.32 Å². The maximum absolute atomic E-state index is 10.3. The van der Waals surface area contributed by atoms with E-state index < -0.39 is 5.60 Å². The molecule has 0 amide bonds. The van der Waals surface area contributed by atoms with E-state index in [1.54, 1.807) is 0 Å². The lowest BCUT2D eigenvalue weighted by atomic mass is 9.95. The molecule has 0 saturated carbocycles. The molecule has 0 spiro atoms. The van der Waals surface area contributed by atoms with Crippen LogP contribution in [0.3, 0.4) is 0 Å². The lowest BCUT2D eigenvalue weighted by Gasteiger charge is -2.25. The van der Waals surface area contributed by atoms with Gasteiger partial charge in [0.05, 0.1) is 5.60 Å². The summed E-state index contributed by atoms with van der Waals surface area (Å²) in [4.78, 5) is 8.52. The van der Waals surface area contributed by atoms with Crippen LogP contribution in [0.15, 0.2) is 6.07 Å². The van der Waals surface area contributed by atoms with Gasteiger partial charge in [0.25, 0.3) is 0 Å². The number of aliphatic hydroxyl groups is 1. The van der Waals surface area contributed by atoms with Crippen LogP contribution in [0.4, 0.5) is 5.82 Å². The number of nitrogens with one attached hydrogen (secondary N) is 1. The van der Waals surface area contributed by atoms with Crippen LogP contribution in [-0.2, 0) is 0 Å². The first-order valence-electron chi connectivity index (χ1n) is 6.57. The molecule has 0 saturated heterocycles. The summed E-state index contributed by atoms with van der Waals surface area (Å²) < 4.78 is 0. The standard InChI is InChI=1S/C14H25N3O/c1-10(2)6-7-14(5,18)9-15-13-8-11(3)16-12(4)17-13/h8,10,18H,6-7,9H2,1-5H3,(H,15,16,17). The van der Waals surface area contributed by atoms with E-state index in [1.807, 2.05) is 26.8 Å². The molecule has 0 radical (unpaired) electrons. The van der Waals surface area contributed by atoms with Gasteiger partial charge in [-0.2, -0.15) is 0 Å². The van der Waals surface area contributed by atoms with Gasteiger partial charge in [0.1, 0.15) is 11.6 Å². The maximum Gasteiger partial charge on any atom is 0.130 e. The van der Waals surface area contributed by atoms with Gasteiger partial charge in [0.2, 0.25) is 0 Å². The van der Waals surface area contributed by atoms with E-state index in [4.69, 9.17) is 0 Å². The zero-order valence-electron chi connectivity index (χ0n) is 12.1. The second-order valence-corrected chi connectivity index (χ2v) is 5.72. The molecule has 0 aliphatic rings. The van der Waals surface area contributed by atoms with E-state index in [1.165, 1.54) is 0 Å². The Morgan fingerprint density at radius 2 is 2.00 bits per heavy atom. The predicted octanol–water partition coefficient (Wildman–Crippen LogP) is 2.69. The van der Waals surface area contributed by atoms with Gasteiger partial charge in [-0.25, -0.2) is 9.97 Å². The normalized spacial score (nSPS) is 14.6. The van der Waals surface area contributed by atoms with E-state index in [-0.39, 0.29) is 0 Å². The van der Waals surface area contributed by atoms with Gasteiger partial charge in [-0.05, 0) is 39.5 Å². The zero-order chi connectivity index (χ0) is 13.8. The highest BCUT2D eigenvalue weighted by atomic mass is 16.3. The Balaban J connectivity index is 2.52. The Morgan fingerprint density at radius 3 is 2.56 bits per heavy atom. The molecule has 1 atom stereocenters. The maximum atomic E-state index is 10.3. The van der Waals surface area contributed by atoms with Crippen LogP contribution in [0.1, 0.15) is 45.1 Å². The minimum Gasteiger partial charge on any atom is -0.388 e. The lowest BCUT2D eigenvalue weighted by molar-refractivity contribution is 0.0585. The summed E-state index contributed by atoms with van der Waals surface area (Å²) in [5.74, 6) is 2.14. The van der Waals surface area contributed by atoms with E-state index in [0.717, 1.165) is 30.2 Å². The van der Waals surface area contributed by atoms with Crippen molar-refractivity contribution in [3.05, 3.63) is 17.6 Å². The molecule has 1 aromatic heterocycles. The molecule has 1 heterocycles. The summed E-state index contributed by atoms with van der Waals surface area (Å²) in [6, 6.07) is 1.89. The summed E-state index contributed by atoms with van der Waals surface area (Å²) in [5, 5.41) is 13.4. The van der Waals surface area contributed by atoms with Crippen molar-refractivity contribution in [2.24, 2.45) is 5.92 Å². The minimum atomic E-state index is -0.697. The van der Waals surface area contributed by atoms with Crippen LogP contribution in [0.5, 0.6) is 0 Å². The van der Waals surface area contributed by atoms with Crippen molar-refractivity contribution in [2.75, 3.05) is 11.9 Å². The Bertz CT molecular complexity index is 368. The fraction of sp³-hybridized carbons (Fsp3) is 0.714. The highest BCUT2D eigenvalue weighted by Gasteiger charge is 2.20. The molecule has 0 aliphatic heterocycles. The Kier molecular flexibility index (Phi) is 5.08. The molecule has 102 valence electrons. The summed E-state index contributed by atoms with van der Waals surface area (Å²) >= 11 is 0. The second-order valence-electron chi connectivity index (χ2n) is 5.72. The zero-order valence-corrected chi connectivity index (χ0v) is 12.1. The van der Waals surface area contributed by atoms with E-state index in [0.29, 0.717) is 12.5 Å². The number of aryl methyl sites for hydroxylation is 2. The monoisotopic (exact) mass is 251 g/mol. The first-order chi connectivity index (χ1) is 8.28. The van der Waals surface area contributed by atoms with Crippen molar-refractivity contribution in [1.29, 1.82) is 0 Å². The Hall–Kier alpha value is -1.16. The molecule has 4 heteroatoms. The van der Waals surface area contributed by atoms with E-state index in [9.17, 15) is 5.11 Å². The lowest BCUT2D eigenvalue weighted by Crippen LogP contribution is -2.34. The number of aromatic nitrogens is 2. The molecule has 2 N–H and O–H groups in total. The third-order valence-corrected chi connectivity index (χ3v) is 2.88. The number of anilines is 1. The fourth-order valence-electron chi connectivity index (χ4n) is 1.78. The van der Waals surface area contributed by atoms with Crippen LogP contribution in [0.25, 0.3) is 0 Å². The molecule has 1 unspecified atom stereocenters. The average molecular weight is 251 g/mol. The molecule has 0 aromatic carbocycles. The SMILES string of the molecule is Cc1cc(NCC(C)(O)CCC(C)C)nc(C)n1. The average Bonchev–Trinajstić information content (AvgIpc) is 2.23. The second kappa shape index (κ2) is 6.14. The molecule has 4 nitrogen and oxygen atoms in total. The third kappa shape index (κ3) is 5.45. The molecule has 0 bridgehead atoms. The molecule has 1 rings (SSSR count). The van der Waals surface area contributed by atoms with Gasteiger partial charge in [-0.15, -0.1) is 0 Å². The van der Waals surface area contributed by atoms with Gasteiger partial charge in [-0.1, -0.05) is 13.8 Å². The summed E-state index contributed by atoms with van der Waals surface area (Å²) in [6.45, 7) is 10.5. The predicted molar refractivity (Wildman–Crippen MR) is 74.7 cm³/mol. The van der Waals surface area contributed by atoms with E-state index >= 15 is 0 Å². The smallest absolute Gasteiger partial charge is 0.130 e. The molecule has 18 heavy (non-hydrogen) atoms. The fourth-order valence-corrected chi connectivity index (χ4v) is 1.78. The van der Waals surface area contributed by atoms with Gasteiger partial charge in [0, 0.05) is 18.3 Å². The highest BCUT2D eigenvalue weighted by Crippen LogP contribution is 2.17. The van der Waals surface area contributed by atoms with Crippen molar-refractivity contribution < 1.29 is 5.11 Å². The minimum absolute atomic E-state index is 0.510. The Labute approximate surface area is 110 Å². The number of rotatable bonds is 6. The van der Waals surface area contributed by atoms with Gasteiger partial charge >= 0.3 is 0 Å². The summed E-state index contributed by atoms with van der Waals surface area (Å²) in [6.07, 6.45) is 1.82. The third-order valence-electron chi connectivity index (χ3n) is 2.88. The number of nitrogens with zero attached hydrogens (tertiary/aromatic N) is 2. The van der Waals surface area contributed by atoms with Gasteiger partial charge < -0.3 is 10.4 Å². The molecular formula is C14H25N3O. The van der Waals surface area contributed by atoms with Gasteiger partial charge in [0.15, 0.2) is 0 Å².